The lowest BCUT2D eigenvalue weighted by molar-refractivity contribution is -0.115. The minimum Gasteiger partial charge on any atom is -0.497 e. The number of hydrogen-bond acceptors (Lipinski definition) is 4. The van der Waals surface area contributed by atoms with E-state index in [2.05, 4.69) is 10.2 Å². The second-order valence-electron chi connectivity index (χ2n) is 6.04. The highest BCUT2D eigenvalue weighted by Crippen LogP contribution is 2.33. The van der Waals surface area contributed by atoms with Crippen molar-refractivity contribution in [1.82, 2.24) is 10.2 Å². The third-order valence-corrected chi connectivity index (χ3v) is 4.56. The topological polar surface area (TPSA) is 72.1 Å². The van der Waals surface area contributed by atoms with Crippen LogP contribution in [0.3, 0.4) is 0 Å². The molecule has 0 saturated carbocycles. The van der Waals surface area contributed by atoms with Gasteiger partial charge in [-0.15, -0.1) is 0 Å². The average Bonchev–Trinajstić information content (AvgIpc) is 3.22. The van der Waals surface area contributed by atoms with E-state index in [1.165, 1.54) is 0 Å². The van der Waals surface area contributed by atoms with E-state index in [0.29, 0.717) is 12.0 Å². The number of fused-ring (bicyclic) bond motifs is 1. The third kappa shape index (κ3) is 2.63. The van der Waals surface area contributed by atoms with E-state index in [1.54, 1.807) is 19.2 Å². The summed E-state index contributed by atoms with van der Waals surface area (Å²) < 4.78 is 5.16. The number of Topliss-reactive ketones (excluding diaryl/α,β-unsaturated/α-hetero) is 2. The molecule has 1 aromatic heterocycles. The molecule has 2 aromatic carbocycles. The molecule has 0 spiro atoms. The second-order valence-corrected chi connectivity index (χ2v) is 6.04. The lowest BCUT2D eigenvalue weighted by Gasteiger charge is -2.07. The van der Waals surface area contributed by atoms with E-state index in [4.69, 9.17) is 4.74 Å². The summed E-state index contributed by atoms with van der Waals surface area (Å²) in [6.45, 7) is 0. The molecule has 1 atom stereocenters. The summed E-state index contributed by atoms with van der Waals surface area (Å²) in [5, 5.41) is 7.30. The Morgan fingerprint density at radius 1 is 1.08 bits per heavy atom. The summed E-state index contributed by atoms with van der Waals surface area (Å²) in [5.74, 6) is -0.392. The van der Waals surface area contributed by atoms with Gasteiger partial charge in [0.2, 0.25) is 11.6 Å². The molecule has 0 amide bonds. The minimum absolute atomic E-state index is 0.346. The molecule has 1 heterocycles. The number of ether oxygens (including phenoxy) is 1. The molecule has 1 N–H and O–H groups in total. The van der Waals surface area contributed by atoms with E-state index >= 15 is 0 Å². The lowest BCUT2D eigenvalue weighted by atomic mass is 9.95. The van der Waals surface area contributed by atoms with Crippen LogP contribution in [0.4, 0.5) is 0 Å². The first-order valence-corrected chi connectivity index (χ1v) is 8.03. The molecule has 4 rings (SSSR count). The molecule has 5 nitrogen and oxygen atoms in total. The van der Waals surface area contributed by atoms with Gasteiger partial charge in [0.1, 0.15) is 5.75 Å². The van der Waals surface area contributed by atoms with Gasteiger partial charge in [-0.05, 0) is 35.9 Å². The van der Waals surface area contributed by atoms with Crippen LogP contribution in [0.15, 0.2) is 54.6 Å². The Morgan fingerprint density at radius 2 is 1.84 bits per heavy atom. The van der Waals surface area contributed by atoms with Gasteiger partial charge in [0.15, 0.2) is 0 Å². The number of nitrogens with zero attached hydrogens (tertiary/aromatic N) is 1. The van der Waals surface area contributed by atoms with Gasteiger partial charge in [-0.3, -0.25) is 14.7 Å². The zero-order valence-electron chi connectivity index (χ0n) is 13.7. The maximum Gasteiger partial charge on any atom is 0.229 e. The van der Waals surface area contributed by atoms with Crippen molar-refractivity contribution >= 4 is 11.6 Å². The number of nitrogens with one attached hydrogen (secondary N) is 1. The molecule has 25 heavy (non-hydrogen) atoms. The van der Waals surface area contributed by atoms with Gasteiger partial charge in [-0.2, -0.15) is 5.10 Å². The van der Waals surface area contributed by atoms with Gasteiger partial charge in [0.25, 0.3) is 0 Å². The number of rotatable bonds is 4. The van der Waals surface area contributed by atoms with Gasteiger partial charge >= 0.3 is 0 Å². The van der Waals surface area contributed by atoms with Crippen LogP contribution in [-0.2, 0) is 11.2 Å². The highest BCUT2D eigenvalue weighted by molar-refractivity contribution is 6.48. The average molecular weight is 332 g/mol. The quantitative estimate of drug-likeness (QED) is 0.745. The number of carbonyl (C=O) groups is 2. The zero-order chi connectivity index (χ0) is 17.4. The highest BCUT2D eigenvalue weighted by atomic mass is 16.5. The van der Waals surface area contributed by atoms with E-state index in [9.17, 15) is 9.59 Å². The molecule has 3 aromatic rings. The first kappa shape index (κ1) is 15.3. The van der Waals surface area contributed by atoms with Crippen LogP contribution in [0.25, 0.3) is 11.3 Å². The van der Waals surface area contributed by atoms with Crippen LogP contribution < -0.4 is 4.74 Å². The lowest BCUT2D eigenvalue weighted by Crippen LogP contribution is -2.14. The third-order valence-electron chi connectivity index (χ3n) is 4.56. The van der Waals surface area contributed by atoms with Crippen molar-refractivity contribution in [2.45, 2.75) is 12.3 Å². The summed E-state index contributed by atoms with van der Waals surface area (Å²) in [6, 6.07) is 16.7. The summed E-state index contributed by atoms with van der Waals surface area (Å²) in [6.07, 6.45) is 0.435. The molecule has 0 fully saturated rings. The standard InChI is InChI=1S/C20H16N2O3/c1-25-14-8-6-12(7-9-14)18-11-13(21-22-18)10-17-15-4-2-3-5-16(15)19(23)20(17)24/h2-9,11,17H,10H2,1H3,(H,21,22). The van der Waals surface area contributed by atoms with Gasteiger partial charge in [0.05, 0.1) is 18.7 Å². The van der Waals surface area contributed by atoms with E-state index < -0.39 is 11.7 Å². The molecule has 1 aliphatic carbocycles. The summed E-state index contributed by atoms with van der Waals surface area (Å²) in [4.78, 5) is 24.4. The number of hydrogen-bond donors (Lipinski definition) is 1. The molecule has 5 heteroatoms. The predicted molar refractivity (Wildman–Crippen MR) is 92.8 cm³/mol. The SMILES string of the molecule is COc1ccc(-c2cc(CC3C(=O)C(=O)c4ccccc43)[nH]n2)cc1. The fourth-order valence-corrected chi connectivity index (χ4v) is 3.24. The van der Waals surface area contributed by atoms with Gasteiger partial charge in [-0.1, -0.05) is 24.3 Å². The van der Waals surface area contributed by atoms with Crippen LogP contribution in [0.5, 0.6) is 5.75 Å². The molecule has 0 saturated heterocycles. The number of aromatic amines is 1. The van der Waals surface area contributed by atoms with Crippen molar-refractivity contribution in [3.05, 3.63) is 71.4 Å². The van der Waals surface area contributed by atoms with Crippen LogP contribution in [0.2, 0.25) is 0 Å². The van der Waals surface area contributed by atoms with Crippen molar-refractivity contribution in [2.24, 2.45) is 0 Å². The number of benzene rings is 2. The minimum atomic E-state index is -0.437. The Labute approximate surface area is 144 Å². The Hall–Kier alpha value is -3.21. The Balaban J connectivity index is 1.59. The fraction of sp³-hybridized carbons (Fsp3) is 0.150. The smallest absolute Gasteiger partial charge is 0.229 e. The van der Waals surface area contributed by atoms with E-state index in [0.717, 1.165) is 28.3 Å². The number of ketones is 2. The zero-order valence-corrected chi connectivity index (χ0v) is 13.7. The summed E-state index contributed by atoms with van der Waals surface area (Å²) >= 11 is 0. The molecule has 1 unspecified atom stereocenters. The van der Waals surface area contributed by atoms with Crippen molar-refractivity contribution in [1.29, 1.82) is 0 Å². The Kier molecular flexibility index (Phi) is 3.69. The molecular formula is C20H16N2O3. The maximum absolute atomic E-state index is 12.3. The number of carbonyl (C=O) groups excluding carboxylic acids is 2. The fourth-order valence-electron chi connectivity index (χ4n) is 3.24. The normalized spacial score (nSPS) is 16.1. The largest absolute Gasteiger partial charge is 0.497 e. The second kappa shape index (κ2) is 6.02. The molecule has 0 bridgehead atoms. The number of H-pyrrole nitrogens is 1. The van der Waals surface area contributed by atoms with Crippen molar-refractivity contribution in [3.8, 4) is 17.0 Å². The van der Waals surface area contributed by atoms with Crippen LogP contribution >= 0.6 is 0 Å². The maximum atomic E-state index is 12.3. The molecule has 1 aliphatic rings. The monoisotopic (exact) mass is 332 g/mol. The van der Waals surface area contributed by atoms with Gasteiger partial charge in [0, 0.05) is 23.2 Å². The summed E-state index contributed by atoms with van der Waals surface area (Å²) in [7, 11) is 1.62. The Bertz CT molecular complexity index is 957. The molecular weight excluding hydrogens is 316 g/mol. The number of aromatic nitrogens is 2. The van der Waals surface area contributed by atoms with Crippen molar-refractivity contribution in [2.75, 3.05) is 7.11 Å². The first-order chi connectivity index (χ1) is 12.2. The number of methoxy groups -OCH3 is 1. The van der Waals surface area contributed by atoms with Gasteiger partial charge in [-0.25, -0.2) is 0 Å². The molecule has 0 radical (unpaired) electrons. The Morgan fingerprint density at radius 3 is 2.60 bits per heavy atom. The van der Waals surface area contributed by atoms with Crippen molar-refractivity contribution < 1.29 is 14.3 Å². The predicted octanol–water partition coefficient (Wildman–Crippen LogP) is 3.18. The van der Waals surface area contributed by atoms with E-state index in [1.807, 2.05) is 42.5 Å². The highest BCUT2D eigenvalue weighted by Gasteiger charge is 2.38. The molecule has 124 valence electrons. The van der Waals surface area contributed by atoms with Crippen molar-refractivity contribution in [3.63, 3.8) is 0 Å². The van der Waals surface area contributed by atoms with Crippen LogP contribution in [0, 0.1) is 0 Å². The van der Waals surface area contributed by atoms with E-state index in [-0.39, 0.29) is 5.78 Å². The summed E-state index contributed by atoms with van der Waals surface area (Å²) in [5.41, 5.74) is 3.90. The van der Waals surface area contributed by atoms with Crippen LogP contribution in [0.1, 0.15) is 27.5 Å². The molecule has 0 aliphatic heterocycles. The first-order valence-electron chi connectivity index (χ1n) is 8.03. The van der Waals surface area contributed by atoms with Crippen LogP contribution in [-0.4, -0.2) is 28.9 Å². The van der Waals surface area contributed by atoms with Gasteiger partial charge < -0.3 is 4.74 Å².